The first-order chi connectivity index (χ1) is 9.40. The van der Waals surface area contributed by atoms with Crippen LogP contribution in [0.5, 0.6) is 0 Å². The van der Waals surface area contributed by atoms with E-state index in [2.05, 4.69) is 10.2 Å². The van der Waals surface area contributed by atoms with Crippen molar-refractivity contribution in [2.45, 2.75) is 18.6 Å². The Kier molecular flexibility index (Phi) is 3.63. The highest BCUT2D eigenvalue weighted by atomic mass is 16.6. The molecule has 1 heterocycles. The van der Waals surface area contributed by atoms with Crippen LogP contribution < -0.4 is 5.73 Å². The molecule has 1 aromatic carbocycles. The van der Waals surface area contributed by atoms with E-state index in [1.807, 2.05) is 0 Å². The molecule has 1 amide bonds. The second-order valence-electron chi connectivity index (χ2n) is 4.28. The van der Waals surface area contributed by atoms with E-state index in [9.17, 15) is 25.1 Å². The predicted molar refractivity (Wildman–Crippen MR) is 67.5 cm³/mol. The maximum absolute atomic E-state index is 10.7. The number of aliphatic hydroxyl groups excluding tert-OH is 2. The Hall–Kier alpha value is -2.52. The molecular weight excluding hydrogens is 268 g/mol. The number of hydrogen-bond acceptors (Lipinski definition) is 6. The fourth-order valence-electron chi connectivity index (χ4n) is 1.87. The molecule has 0 radical (unpaired) electrons. The van der Waals surface area contributed by atoms with Crippen molar-refractivity contribution in [1.82, 2.24) is 10.2 Å². The van der Waals surface area contributed by atoms with Crippen LogP contribution in [-0.4, -0.2) is 37.3 Å². The molecule has 0 aliphatic rings. The molecule has 0 aliphatic carbocycles. The molecule has 0 saturated carbocycles. The smallest absolute Gasteiger partial charge is 0.271 e. The fraction of sp³-hybridized carbons (Fsp3) is 0.273. The number of aromatic nitrogens is 2. The van der Waals surface area contributed by atoms with Gasteiger partial charge in [-0.25, -0.2) is 0 Å². The lowest BCUT2D eigenvalue weighted by Gasteiger charge is -2.15. The van der Waals surface area contributed by atoms with Crippen molar-refractivity contribution >= 4 is 22.5 Å². The Labute approximate surface area is 112 Å². The average molecular weight is 280 g/mol. The number of rotatable bonds is 5. The highest BCUT2D eigenvalue weighted by molar-refractivity contribution is 5.84. The lowest BCUT2D eigenvalue weighted by molar-refractivity contribution is -0.384. The average Bonchev–Trinajstić information content (AvgIpc) is 2.79. The zero-order valence-corrected chi connectivity index (χ0v) is 10.2. The van der Waals surface area contributed by atoms with E-state index in [-0.39, 0.29) is 16.9 Å². The van der Waals surface area contributed by atoms with Gasteiger partial charge in [-0.2, -0.15) is 5.10 Å². The second-order valence-corrected chi connectivity index (χ2v) is 4.28. The van der Waals surface area contributed by atoms with Crippen molar-refractivity contribution in [3.05, 3.63) is 34.0 Å². The normalized spacial score (nSPS) is 14.1. The molecule has 9 nitrogen and oxygen atoms in total. The molecule has 2 aromatic rings. The minimum absolute atomic E-state index is 0.136. The Morgan fingerprint density at radius 2 is 2.20 bits per heavy atom. The fourth-order valence-corrected chi connectivity index (χ4v) is 1.87. The van der Waals surface area contributed by atoms with E-state index < -0.39 is 29.5 Å². The summed E-state index contributed by atoms with van der Waals surface area (Å²) in [5, 5.41) is 37.0. The third-order valence-electron chi connectivity index (χ3n) is 2.85. The number of non-ortho nitro benzene ring substituents is 1. The molecule has 0 fully saturated rings. The summed E-state index contributed by atoms with van der Waals surface area (Å²) in [6, 6.07) is 3.91. The van der Waals surface area contributed by atoms with E-state index in [1.165, 1.54) is 18.2 Å². The summed E-state index contributed by atoms with van der Waals surface area (Å²) < 4.78 is 0. The van der Waals surface area contributed by atoms with Gasteiger partial charge in [-0.3, -0.25) is 20.0 Å². The molecule has 0 bridgehead atoms. The summed E-state index contributed by atoms with van der Waals surface area (Å²) in [6.45, 7) is 0. The minimum Gasteiger partial charge on any atom is -0.389 e. The topological polar surface area (TPSA) is 155 Å². The number of amides is 1. The summed E-state index contributed by atoms with van der Waals surface area (Å²) in [7, 11) is 0. The molecule has 9 heteroatoms. The van der Waals surface area contributed by atoms with Gasteiger partial charge in [0.15, 0.2) is 0 Å². The van der Waals surface area contributed by atoms with Gasteiger partial charge in [0, 0.05) is 17.5 Å². The predicted octanol–water partition coefficient (Wildman–Crippen LogP) is -0.259. The van der Waals surface area contributed by atoms with Gasteiger partial charge in [0.2, 0.25) is 5.91 Å². The first kappa shape index (κ1) is 13.9. The van der Waals surface area contributed by atoms with Gasteiger partial charge in [-0.1, -0.05) is 0 Å². The van der Waals surface area contributed by atoms with Crippen LogP contribution in [0.25, 0.3) is 10.9 Å². The number of aromatic amines is 1. The van der Waals surface area contributed by atoms with Crippen molar-refractivity contribution in [3.63, 3.8) is 0 Å². The number of nitrogens with two attached hydrogens (primary N) is 1. The number of benzene rings is 1. The molecule has 2 atom stereocenters. The van der Waals surface area contributed by atoms with Gasteiger partial charge in [0.05, 0.1) is 28.7 Å². The number of fused-ring (bicyclic) bond motifs is 1. The summed E-state index contributed by atoms with van der Waals surface area (Å²) >= 11 is 0. The third kappa shape index (κ3) is 2.58. The molecule has 1 aromatic heterocycles. The number of nitrogens with one attached hydrogen (secondary N) is 1. The quantitative estimate of drug-likeness (QED) is 0.436. The molecule has 2 unspecified atom stereocenters. The maximum Gasteiger partial charge on any atom is 0.271 e. The van der Waals surface area contributed by atoms with Crippen LogP contribution in [0.4, 0.5) is 5.69 Å². The maximum atomic E-state index is 10.7. The molecule has 0 aliphatic heterocycles. The Morgan fingerprint density at radius 1 is 1.50 bits per heavy atom. The van der Waals surface area contributed by atoms with Crippen LogP contribution in [0.2, 0.25) is 0 Å². The summed E-state index contributed by atoms with van der Waals surface area (Å²) in [5.41, 5.74) is 5.25. The number of nitro benzene ring substituents is 1. The van der Waals surface area contributed by atoms with E-state index in [0.717, 1.165) is 0 Å². The SMILES string of the molecule is NC(=O)CC(O)C(O)c1[nH]nc2cc([N+](=O)[O-])ccc12. The van der Waals surface area contributed by atoms with Crippen LogP contribution >= 0.6 is 0 Å². The lowest BCUT2D eigenvalue weighted by atomic mass is 10.0. The number of carbonyl (C=O) groups excluding carboxylic acids is 1. The van der Waals surface area contributed by atoms with Gasteiger partial charge in [-0.05, 0) is 6.07 Å². The zero-order chi connectivity index (χ0) is 14.9. The van der Waals surface area contributed by atoms with Gasteiger partial charge in [-0.15, -0.1) is 0 Å². The van der Waals surface area contributed by atoms with Gasteiger partial charge >= 0.3 is 0 Å². The largest absolute Gasteiger partial charge is 0.389 e. The number of aliphatic hydroxyl groups is 2. The van der Waals surface area contributed by atoms with Crippen LogP contribution in [0, 0.1) is 10.1 Å². The van der Waals surface area contributed by atoms with Gasteiger partial charge in [0.25, 0.3) is 5.69 Å². The summed E-state index contributed by atoms with van der Waals surface area (Å²) in [4.78, 5) is 20.8. The highest BCUT2D eigenvalue weighted by Crippen LogP contribution is 2.27. The highest BCUT2D eigenvalue weighted by Gasteiger charge is 2.24. The van der Waals surface area contributed by atoms with E-state index in [0.29, 0.717) is 5.39 Å². The minimum atomic E-state index is -1.39. The molecule has 0 spiro atoms. The Morgan fingerprint density at radius 3 is 2.80 bits per heavy atom. The van der Waals surface area contributed by atoms with Crippen molar-refractivity contribution < 1.29 is 19.9 Å². The molecule has 0 saturated heterocycles. The van der Waals surface area contributed by atoms with Crippen molar-refractivity contribution in [1.29, 1.82) is 0 Å². The van der Waals surface area contributed by atoms with Crippen molar-refractivity contribution in [2.75, 3.05) is 0 Å². The molecule has 20 heavy (non-hydrogen) atoms. The summed E-state index contributed by atoms with van der Waals surface area (Å²) in [5.74, 6) is -0.754. The monoisotopic (exact) mass is 280 g/mol. The number of hydrogen-bond donors (Lipinski definition) is 4. The first-order valence-corrected chi connectivity index (χ1v) is 5.67. The number of carbonyl (C=O) groups is 1. The number of nitro groups is 1. The summed E-state index contributed by atoms with van der Waals surface area (Å²) in [6.07, 6.45) is -3.19. The number of H-pyrrole nitrogens is 1. The van der Waals surface area contributed by atoms with Crippen LogP contribution in [0.15, 0.2) is 18.2 Å². The van der Waals surface area contributed by atoms with Crippen LogP contribution in [-0.2, 0) is 4.79 Å². The molecule has 5 N–H and O–H groups in total. The van der Waals surface area contributed by atoms with Gasteiger partial charge in [0.1, 0.15) is 6.10 Å². The molecular formula is C11H12N4O5. The van der Waals surface area contributed by atoms with Gasteiger partial charge < -0.3 is 15.9 Å². The zero-order valence-electron chi connectivity index (χ0n) is 10.2. The van der Waals surface area contributed by atoms with Crippen LogP contribution in [0.3, 0.4) is 0 Å². The standard InChI is InChI=1S/C11H12N4O5/c12-9(17)4-8(16)11(18)10-6-2-1-5(15(19)20)3-7(6)13-14-10/h1-3,8,11,16,18H,4H2,(H2,12,17)(H,13,14). The third-order valence-corrected chi connectivity index (χ3v) is 2.85. The van der Waals surface area contributed by atoms with E-state index >= 15 is 0 Å². The number of primary amides is 1. The van der Waals surface area contributed by atoms with Crippen molar-refractivity contribution in [3.8, 4) is 0 Å². The Bertz CT molecular complexity index is 668. The van der Waals surface area contributed by atoms with Crippen LogP contribution in [0.1, 0.15) is 18.2 Å². The Balaban J connectivity index is 2.36. The number of nitrogens with zero attached hydrogens (tertiary/aromatic N) is 2. The van der Waals surface area contributed by atoms with E-state index in [4.69, 9.17) is 5.73 Å². The van der Waals surface area contributed by atoms with Crippen molar-refractivity contribution in [2.24, 2.45) is 5.73 Å². The first-order valence-electron chi connectivity index (χ1n) is 5.67. The molecule has 2 rings (SSSR count). The lowest BCUT2D eigenvalue weighted by Crippen LogP contribution is -2.26. The molecule has 106 valence electrons. The van der Waals surface area contributed by atoms with E-state index in [1.54, 1.807) is 0 Å². The second kappa shape index (κ2) is 5.23.